The first-order valence-corrected chi connectivity index (χ1v) is 10.2. The van der Waals surface area contributed by atoms with Gasteiger partial charge in [-0.25, -0.2) is 17.5 Å². The minimum Gasteiger partial charge on any atom is -0.304 e. The molecule has 0 aromatic heterocycles. The maximum atomic E-state index is 13.1. The summed E-state index contributed by atoms with van der Waals surface area (Å²) in [5, 5.41) is 0. The summed E-state index contributed by atoms with van der Waals surface area (Å²) in [7, 11) is -1.59. The molecular formula is C19H24FN3O2S. The summed E-state index contributed by atoms with van der Waals surface area (Å²) >= 11 is 0. The van der Waals surface area contributed by atoms with E-state index < -0.39 is 15.8 Å². The molecule has 1 N–H and O–H groups in total. The van der Waals surface area contributed by atoms with Crippen LogP contribution in [0.5, 0.6) is 0 Å². The molecule has 5 nitrogen and oxygen atoms in total. The van der Waals surface area contributed by atoms with Crippen molar-refractivity contribution in [3.05, 3.63) is 66.0 Å². The number of nitrogens with zero attached hydrogens (tertiary/aromatic N) is 2. The molecule has 2 aromatic carbocycles. The second-order valence-electron chi connectivity index (χ2n) is 6.57. The van der Waals surface area contributed by atoms with Crippen molar-refractivity contribution in [1.82, 2.24) is 14.5 Å². The van der Waals surface area contributed by atoms with Crippen molar-refractivity contribution in [1.29, 1.82) is 0 Å². The van der Waals surface area contributed by atoms with Crippen LogP contribution in [0.15, 0.2) is 59.5 Å². The molecule has 0 amide bonds. The van der Waals surface area contributed by atoms with Gasteiger partial charge in [-0.3, -0.25) is 4.90 Å². The van der Waals surface area contributed by atoms with E-state index >= 15 is 0 Å². The summed E-state index contributed by atoms with van der Waals surface area (Å²) in [5.41, 5.74) is 1.08. The average Bonchev–Trinajstić information content (AvgIpc) is 2.64. The molecule has 1 aliphatic heterocycles. The second kappa shape index (κ2) is 8.26. The predicted octanol–water partition coefficient (Wildman–Crippen LogP) is 2.09. The van der Waals surface area contributed by atoms with Gasteiger partial charge in [-0.1, -0.05) is 30.3 Å². The summed E-state index contributed by atoms with van der Waals surface area (Å²) in [6.45, 7) is 3.94. The Balaban J connectivity index is 1.76. The maximum Gasteiger partial charge on any atom is 0.240 e. The van der Waals surface area contributed by atoms with E-state index in [1.165, 1.54) is 12.1 Å². The van der Waals surface area contributed by atoms with Crippen LogP contribution < -0.4 is 4.72 Å². The Hall–Kier alpha value is -1.80. The first kappa shape index (κ1) is 19.0. The molecule has 0 aliphatic carbocycles. The summed E-state index contributed by atoms with van der Waals surface area (Å²) in [6.07, 6.45) is 0. The zero-order chi connectivity index (χ0) is 18.6. The average molecular weight is 377 g/mol. The summed E-state index contributed by atoms with van der Waals surface area (Å²) in [4.78, 5) is 4.65. The number of rotatable bonds is 6. The van der Waals surface area contributed by atoms with E-state index in [2.05, 4.69) is 21.6 Å². The SMILES string of the molecule is CN1CCN(C(CNS(=O)(=O)c2ccc(F)cc2)c2ccccc2)CC1. The van der Waals surface area contributed by atoms with E-state index in [4.69, 9.17) is 0 Å². The number of piperazine rings is 1. The molecule has 1 heterocycles. The quantitative estimate of drug-likeness (QED) is 0.838. The fraction of sp³-hybridized carbons (Fsp3) is 0.368. The zero-order valence-electron chi connectivity index (χ0n) is 14.8. The smallest absolute Gasteiger partial charge is 0.240 e. The summed E-state index contributed by atoms with van der Waals surface area (Å²) in [5.74, 6) is -0.455. The number of likely N-dealkylation sites (N-methyl/N-ethyl adjacent to an activating group) is 1. The second-order valence-corrected chi connectivity index (χ2v) is 8.34. The molecule has 3 rings (SSSR count). The molecule has 1 saturated heterocycles. The third-order valence-electron chi connectivity index (χ3n) is 4.75. The van der Waals surface area contributed by atoms with Crippen LogP contribution in [-0.2, 0) is 10.0 Å². The van der Waals surface area contributed by atoms with Gasteiger partial charge in [0.1, 0.15) is 5.82 Å². The number of hydrogen-bond acceptors (Lipinski definition) is 4. The predicted molar refractivity (Wildman–Crippen MR) is 99.8 cm³/mol. The Kier molecular flexibility index (Phi) is 6.03. The lowest BCUT2D eigenvalue weighted by Gasteiger charge is -2.38. The molecule has 1 unspecified atom stereocenters. The van der Waals surface area contributed by atoms with E-state index in [-0.39, 0.29) is 17.5 Å². The lowest BCUT2D eigenvalue weighted by molar-refractivity contribution is 0.113. The van der Waals surface area contributed by atoms with E-state index in [1.807, 2.05) is 30.3 Å². The minimum absolute atomic E-state index is 0.0416. The number of hydrogen-bond donors (Lipinski definition) is 1. The molecule has 0 saturated carbocycles. The van der Waals surface area contributed by atoms with Gasteiger partial charge < -0.3 is 4.90 Å². The minimum atomic E-state index is -3.68. The number of sulfonamides is 1. The topological polar surface area (TPSA) is 52.6 Å². The first-order valence-electron chi connectivity index (χ1n) is 8.68. The molecule has 26 heavy (non-hydrogen) atoms. The van der Waals surface area contributed by atoms with Gasteiger partial charge in [0.25, 0.3) is 0 Å². The standard InChI is InChI=1S/C19H24FN3O2S/c1-22-11-13-23(14-12-22)19(16-5-3-2-4-6-16)15-21-26(24,25)18-9-7-17(20)8-10-18/h2-10,19,21H,11-15H2,1H3. The Labute approximate surface area is 154 Å². The van der Waals surface area contributed by atoms with Gasteiger partial charge in [0.2, 0.25) is 10.0 Å². The third-order valence-corrected chi connectivity index (χ3v) is 6.19. The highest BCUT2D eigenvalue weighted by atomic mass is 32.2. The lowest BCUT2D eigenvalue weighted by atomic mass is 10.0. The van der Waals surface area contributed by atoms with Gasteiger partial charge in [-0.15, -0.1) is 0 Å². The van der Waals surface area contributed by atoms with Crippen molar-refractivity contribution < 1.29 is 12.8 Å². The molecule has 1 aliphatic rings. The van der Waals surface area contributed by atoms with Gasteiger partial charge in [0.15, 0.2) is 0 Å². The Morgan fingerprint density at radius 3 is 2.23 bits per heavy atom. The van der Waals surface area contributed by atoms with Crippen LogP contribution in [0.25, 0.3) is 0 Å². The van der Waals surface area contributed by atoms with Crippen LogP contribution >= 0.6 is 0 Å². The van der Waals surface area contributed by atoms with Gasteiger partial charge in [0, 0.05) is 38.8 Å². The van der Waals surface area contributed by atoms with Crippen molar-refractivity contribution in [3.63, 3.8) is 0 Å². The largest absolute Gasteiger partial charge is 0.304 e. The fourth-order valence-corrected chi connectivity index (χ4v) is 4.19. The molecular weight excluding hydrogens is 353 g/mol. The molecule has 0 spiro atoms. The van der Waals surface area contributed by atoms with Crippen molar-refractivity contribution in [2.45, 2.75) is 10.9 Å². The number of halogens is 1. The highest BCUT2D eigenvalue weighted by Crippen LogP contribution is 2.22. The normalized spacial score (nSPS) is 17.9. The van der Waals surface area contributed by atoms with Gasteiger partial charge in [-0.05, 0) is 36.9 Å². The molecule has 1 atom stereocenters. The molecule has 2 aromatic rings. The lowest BCUT2D eigenvalue weighted by Crippen LogP contribution is -2.48. The third kappa shape index (κ3) is 4.67. The van der Waals surface area contributed by atoms with Gasteiger partial charge in [0.05, 0.1) is 4.90 Å². The van der Waals surface area contributed by atoms with Crippen LogP contribution in [0.2, 0.25) is 0 Å². The van der Waals surface area contributed by atoms with Gasteiger partial charge in [-0.2, -0.15) is 0 Å². The maximum absolute atomic E-state index is 13.1. The highest BCUT2D eigenvalue weighted by Gasteiger charge is 2.25. The van der Waals surface area contributed by atoms with E-state index in [0.717, 1.165) is 43.9 Å². The Morgan fingerprint density at radius 2 is 1.62 bits per heavy atom. The van der Waals surface area contributed by atoms with Crippen molar-refractivity contribution in [3.8, 4) is 0 Å². The molecule has 0 bridgehead atoms. The number of benzene rings is 2. The fourth-order valence-electron chi connectivity index (χ4n) is 3.15. The van der Waals surface area contributed by atoms with E-state index in [9.17, 15) is 12.8 Å². The van der Waals surface area contributed by atoms with Crippen molar-refractivity contribution in [2.75, 3.05) is 39.8 Å². The highest BCUT2D eigenvalue weighted by molar-refractivity contribution is 7.89. The van der Waals surface area contributed by atoms with Gasteiger partial charge >= 0.3 is 0 Å². The molecule has 7 heteroatoms. The van der Waals surface area contributed by atoms with E-state index in [0.29, 0.717) is 0 Å². The summed E-state index contributed by atoms with van der Waals surface area (Å²) < 4.78 is 40.9. The van der Waals surface area contributed by atoms with Crippen molar-refractivity contribution in [2.24, 2.45) is 0 Å². The van der Waals surface area contributed by atoms with E-state index in [1.54, 1.807) is 0 Å². The Morgan fingerprint density at radius 1 is 1.00 bits per heavy atom. The monoisotopic (exact) mass is 377 g/mol. The molecule has 1 fully saturated rings. The molecule has 0 radical (unpaired) electrons. The summed E-state index contributed by atoms with van der Waals surface area (Å²) in [6, 6.07) is 14.8. The first-order chi connectivity index (χ1) is 12.5. The van der Waals surface area contributed by atoms with Crippen LogP contribution in [-0.4, -0.2) is 58.0 Å². The Bertz CT molecular complexity index is 804. The zero-order valence-corrected chi connectivity index (χ0v) is 15.6. The molecule has 140 valence electrons. The van der Waals surface area contributed by atoms with Crippen LogP contribution in [0, 0.1) is 5.82 Å². The van der Waals surface area contributed by atoms with Crippen LogP contribution in [0.3, 0.4) is 0 Å². The number of nitrogens with one attached hydrogen (secondary N) is 1. The van der Waals surface area contributed by atoms with Crippen molar-refractivity contribution >= 4 is 10.0 Å². The van der Waals surface area contributed by atoms with Crippen LogP contribution in [0.1, 0.15) is 11.6 Å². The van der Waals surface area contributed by atoms with Crippen LogP contribution in [0.4, 0.5) is 4.39 Å².